The third kappa shape index (κ3) is 3.29. The second-order valence-corrected chi connectivity index (χ2v) is 2.31. The van der Waals surface area contributed by atoms with E-state index in [4.69, 9.17) is 6.42 Å². The van der Waals surface area contributed by atoms with E-state index in [0.717, 1.165) is 6.92 Å². The molecular weight excluding hydrogens is 165 g/mol. The van der Waals surface area contributed by atoms with E-state index in [1.165, 1.54) is 19.1 Å². The van der Waals surface area contributed by atoms with Gasteiger partial charge in [-0.3, -0.25) is 0 Å². The minimum atomic E-state index is -4.26. The first kappa shape index (κ1) is 10.8. The van der Waals surface area contributed by atoms with Crippen LogP contribution in [0.15, 0.2) is 23.3 Å². The first-order valence-electron chi connectivity index (χ1n) is 3.27. The Hall–Kier alpha value is -1.17. The average molecular weight is 174 g/mol. The van der Waals surface area contributed by atoms with Crippen molar-refractivity contribution >= 4 is 0 Å². The van der Waals surface area contributed by atoms with Crippen LogP contribution in [0.3, 0.4) is 0 Å². The van der Waals surface area contributed by atoms with E-state index in [9.17, 15) is 13.2 Å². The van der Waals surface area contributed by atoms with Gasteiger partial charge in [0, 0.05) is 5.57 Å². The monoisotopic (exact) mass is 174 g/mol. The Balaban J connectivity index is 4.73. The van der Waals surface area contributed by atoms with Crippen molar-refractivity contribution in [3.8, 4) is 12.3 Å². The lowest BCUT2D eigenvalue weighted by atomic mass is 10.1. The Labute approximate surface area is 69.8 Å². The number of rotatable bonds is 1. The maximum atomic E-state index is 12.0. The number of terminal acetylenes is 1. The van der Waals surface area contributed by atoms with Crippen LogP contribution < -0.4 is 0 Å². The normalized spacial score (nSPS) is 14.3. The maximum absolute atomic E-state index is 12.0. The molecule has 0 aromatic rings. The summed E-state index contributed by atoms with van der Waals surface area (Å²) in [6, 6.07) is 0. The predicted molar refractivity (Wildman–Crippen MR) is 42.4 cm³/mol. The van der Waals surface area contributed by atoms with Gasteiger partial charge in [0.1, 0.15) is 0 Å². The summed E-state index contributed by atoms with van der Waals surface area (Å²) in [6.07, 6.45) is 3.09. The van der Waals surface area contributed by atoms with Crippen LogP contribution in [-0.2, 0) is 0 Å². The van der Waals surface area contributed by atoms with Gasteiger partial charge in [-0.25, -0.2) is 0 Å². The summed E-state index contributed by atoms with van der Waals surface area (Å²) in [7, 11) is 0. The van der Waals surface area contributed by atoms with Gasteiger partial charge in [-0.15, -0.1) is 6.42 Å². The lowest BCUT2D eigenvalue weighted by molar-refractivity contribution is -0.0919. The van der Waals surface area contributed by atoms with E-state index >= 15 is 0 Å². The smallest absolute Gasteiger partial charge is 0.166 e. The van der Waals surface area contributed by atoms with E-state index in [-0.39, 0.29) is 5.57 Å². The maximum Gasteiger partial charge on any atom is 0.412 e. The zero-order valence-electron chi connectivity index (χ0n) is 6.87. The Morgan fingerprint density at radius 3 is 2.17 bits per heavy atom. The molecule has 0 aliphatic heterocycles. The summed E-state index contributed by atoms with van der Waals surface area (Å²) in [4.78, 5) is 0. The molecule has 0 aromatic heterocycles. The van der Waals surface area contributed by atoms with Gasteiger partial charge >= 0.3 is 6.18 Å². The summed E-state index contributed by atoms with van der Waals surface area (Å²) in [6.45, 7) is 2.40. The molecule has 0 nitrogen and oxygen atoms in total. The number of halogens is 3. The van der Waals surface area contributed by atoms with Crippen LogP contribution in [0.25, 0.3) is 0 Å². The van der Waals surface area contributed by atoms with Crippen LogP contribution in [0.5, 0.6) is 0 Å². The zero-order valence-corrected chi connectivity index (χ0v) is 6.87. The number of allylic oxidation sites excluding steroid dienone is 4. The van der Waals surface area contributed by atoms with E-state index in [2.05, 4.69) is 5.92 Å². The van der Waals surface area contributed by atoms with Crippen LogP contribution in [0.2, 0.25) is 0 Å². The van der Waals surface area contributed by atoms with E-state index in [1.54, 1.807) is 0 Å². The first-order valence-corrected chi connectivity index (χ1v) is 3.27. The summed E-state index contributed by atoms with van der Waals surface area (Å²) in [5.41, 5.74) is -0.477. The fourth-order valence-corrected chi connectivity index (χ4v) is 0.522. The molecule has 0 amide bonds. The van der Waals surface area contributed by atoms with Crippen LogP contribution in [-0.4, -0.2) is 6.18 Å². The lowest BCUT2D eigenvalue weighted by Crippen LogP contribution is -2.10. The summed E-state index contributed by atoms with van der Waals surface area (Å²) >= 11 is 0. The van der Waals surface area contributed by atoms with Gasteiger partial charge in [0.25, 0.3) is 0 Å². The Bertz CT molecular complexity index is 248. The second kappa shape index (κ2) is 4.01. The van der Waals surface area contributed by atoms with E-state index in [0.29, 0.717) is 0 Å². The minimum absolute atomic E-state index is 0.139. The van der Waals surface area contributed by atoms with Gasteiger partial charge < -0.3 is 0 Å². The fraction of sp³-hybridized carbons (Fsp3) is 0.333. The highest BCUT2D eigenvalue weighted by molar-refractivity contribution is 5.29. The van der Waals surface area contributed by atoms with Gasteiger partial charge in [0.2, 0.25) is 0 Å². The zero-order chi connectivity index (χ0) is 9.78. The minimum Gasteiger partial charge on any atom is -0.166 e. The van der Waals surface area contributed by atoms with Crippen molar-refractivity contribution in [3.63, 3.8) is 0 Å². The largest absolute Gasteiger partial charge is 0.412 e. The van der Waals surface area contributed by atoms with Crippen LogP contribution in [0, 0.1) is 12.3 Å². The number of hydrogen-bond acceptors (Lipinski definition) is 0. The van der Waals surface area contributed by atoms with Crippen LogP contribution in [0.4, 0.5) is 13.2 Å². The molecule has 66 valence electrons. The Morgan fingerprint density at radius 1 is 1.33 bits per heavy atom. The second-order valence-electron chi connectivity index (χ2n) is 2.31. The molecule has 3 heteroatoms. The van der Waals surface area contributed by atoms with E-state index < -0.39 is 11.7 Å². The molecule has 0 aliphatic rings. The molecule has 0 radical (unpaired) electrons. The Kier molecular flexibility index (Phi) is 3.62. The van der Waals surface area contributed by atoms with Gasteiger partial charge in [-0.2, -0.15) is 13.2 Å². The summed E-state index contributed by atoms with van der Waals surface area (Å²) in [5, 5.41) is 0. The van der Waals surface area contributed by atoms with Crippen molar-refractivity contribution in [1.29, 1.82) is 0 Å². The van der Waals surface area contributed by atoms with Crippen molar-refractivity contribution in [2.75, 3.05) is 0 Å². The quantitative estimate of drug-likeness (QED) is 0.423. The molecule has 0 aromatic carbocycles. The standard InChI is InChI=1S/C9H9F3/c1-4-5-6-7(2)8(3)9(10,11)12/h1,5-6H,2-3H3/b6-5-,8-7+. The van der Waals surface area contributed by atoms with Crippen molar-refractivity contribution in [1.82, 2.24) is 0 Å². The lowest BCUT2D eigenvalue weighted by Gasteiger charge is -2.07. The van der Waals surface area contributed by atoms with Gasteiger partial charge in [-0.1, -0.05) is 12.0 Å². The molecule has 0 saturated heterocycles. The van der Waals surface area contributed by atoms with Gasteiger partial charge in [0.05, 0.1) is 0 Å². The molecule has 0 atom stereocenters. The van der Waals surface area contributed by atoms with Crippen LogP contribution >= 0.6 is 0 Å². The first-order chi connectivity index (χ1) is 5.39. The highest BCUT2D eigenvalue weighted by Crippen LogP contribution is 2.27. The summed E-state index contributed by atoms with van der Waals surface area (Å²) in [5.74, 6) is 2.12. The van der Waals surface area contributed by atoms with Crippen molar-refractivity contribution in [2.24, 2.45) is 0 Å². The van der Waals surface area contributed by atoms with Gasteiger partial charge in [0.15, 0.2) is 0 Å². The van der Waals surface area contributed by atoms with Gasteiger partial charge in [-0.05, 0) is 25.5 Å². The summed E-state index contributed by atoms with van der Waals surface area (Å²) < 4.78 is 36.0. The average Bonchev–Trinajstić information content (AvgIpc) is 1.97. The molecule has 0 aliphatic carbocycles. The number of alkyl halides is 3. The van der Waals surface area contributed by atoms with Crippen LogP contribution in [0.1, 0.15) is 13.8 Å². The topological polar surface area (TPSA) is 0 Å². The molecular formula is C9H9F3. The molecule has 0 heterocycles. The van der Waals surface area contributed by atoms with Crippen molar-refractivity contribution in [2.45, 2.75) is 20.0 Å². The molecule has 0 N–H and O–H groups in total. The molecule has 0 saturated carbocycles. The van der Waals surface area contributed by atoms with E-state index in [1.807, 2.05) is 0 Å². The molecule has 0 spiro atoms. The third-order valence-electron chi connectivity index (χ3n) is 1.45. The highest BCUT2D eigenvalue weighted by atomic mass is 19.4. The molecule has 0 unspecified atom stereocenters. The molecule has 0 fully saturated rings. The number of hydrogen-bond donors (Lipinski definition) is 0. The van der Waals surface area contributed by atoms with Crippen molar-refractivity contribution < 1.29 is 13.2 Å². The third-order valence-corrected chi connectivity index (χ3v) is 1.45. The fourth-order valence-electron chi connectivity index (χ4n) is 0.522. The molecule has 0 bridgehead atoms. The highest BCUT2D eigenvalue weighted by Gasteiger charge is 2.30. The predicted octanol–water partition coefficient (Wildman–Crippen LogP) is 3.07. The molecule has 0 rings (SSSR count). The Morgan fingerprint density at radius 2 is 1.83 bits per heavy atom. The SMILES string of the molecule is C#C/C=C\C(C)=C(/C)C(F)(F)F. The molecule has 12 heavy (non-hydrogen) atoms. The van der Waals surface area contributed by atoms with Crippen molar-refractivity contribution in [3.05, 3.63) is 23.3 Å².